The summed E-state index contributed by atoms with van der Waals surface area (Å²) >= 11 is 0. The first kappa shape index (κ1) is 23.0. The average Bonchev–Trinajstić information content (AvgIpc) is 2.70. The van der Waals surface area contributed by atoms with Gasteiger partial charge in [0, 0.05) is 6.10 Å². The van der Waals surface area contributed by atoms with Crippen molar-refractivity contribution in [3.63, 3.8) is 0 Å². The second-order valence-corrected chi connectivity index (χ2v) is 12.4. The summed E-state index contributed by atoms with van der Waals surface area (Å²) in [5.74, 6) is -1.80. The molecule has 1 atom stereocenters. The van der Waals surface area contributed by atoms with Gasteiger partial charge in [-0.1, -0.05) is 81.4 Å². The highest BCUT2D eigenvalue weighted by Gasteiger charge is 2.50. The van der Waals surface area contributed by atoms with Crippen LogP contribution in [0.5, 0.6) is 0 Å². The summed E-state index contributed by atoms with van der Waals surface area (Å²) in [4.78, 5) is 11.5. The van der Waals surface area contributed by atoms with Crippen LogP contribution in [0.2, 0.25) is 5.04 Å². The second kappa shape index (κ2) is 9.99. The molecule has 0 heterocycles. The number of ether oxygens (including phenoxy) is 1. The van der Waals surface area contributed by atoms with E-state index in [1.165, 1.54) is 16.4 Å². The van der Waals surface area contributed by atoms with E-state index in [2.05, 4.69) is 45.0 Å². The van der Waals surface area contributed by atoms with Crippen LogP contribution in [0.25, 0.3) is 0 Å². The maximum atomic E-state index is 14.0. The normalized spacial score (nSPS) is 13.8. The third-order valence-electron chi connectivity index (χ3n) is 4.89. The fourth-order valence-corrected chi connectivity index (χ4v) is 8.31. The molecule has 2 aromatic carbocycles. The minimum absolute atomic E-state index is 0.147. The molecule has 0 spiro atoms. The van der Waals surface area contributed by atoms with Crippen LogP contribution in [0, 0.1) is 0 Å². The van der Waals surface area contributed by atoms with Crippen LogP contribution in [0.3, 0.4) is 0 Å². The first-order valence-corrected chi connectivity index (χ1v) is 11.9. The smallest absolute Gasteiger partial charge is 0.366 e. The highest BCUT2D eigenvalue weighted by molar-refractivity contribution is 6.99. The van der Waals surface area contributed by atoms with Crippen molar-refractivity contribution in [3.8, 4) is 0 Å². The highest BCUT2D eigenvalue weighted by Crippen LogP contribution is 2.37. The Morgan fingerprint density at radius 1 is 1.03 bits per heavy atom. The van der Waals surface area contributed by atoms with E-state index >= 15 is 0 Å². The predicted molar refractivity (Wildman–Crippen MR) is 119 cm³/mol. The fraction of sp³-hybridized carbons (Fsp3) is 0.375. The van der Waals surface area contributed by atoms with E-state index in [1.807, 2.05) is 43.3 Å². The van der Waals surface area contributed by atoms with Crippen molar-refractivity contribution in [2.24, 2.45) is 0 Å². The first-order valence-electron chi connectivity index (χ1n) is 10.0. The number of carbonyl (C=O) groups excluding carboxylic acids is 1. The molecule has 29 heavy (non-hydrogen) atoms. The van der Waals surface area contributed by atoms with Crippen LogP contribution < -0.4 is 10.4 Å². The lowest BCUT2D eigenvalue weighted by molar-refractivity contribution is -0.140. The Kier molecular flexibility index (Phi) is 7.93. The zero-order chi connectivity index (χ0) is 21.5. The summed E-state index contributed by atoms with van der Waals surface area (Å²) in [5, 5.41) is 2.17. The van der Waals surface area contributed by atoms with E-state index in [9.17, 15) is 9.18 Å². The van der Waals surface area contributed by atoms with Crippen molar-refractivity contribution in [3.05, 3.63) is 72.6 Å². The third kappa shape index (κ3) is 5.43. The maximum absolute atomic E-state index is 14.0. The zero-order valence-corrected chi connectivity index (χ0v) is 18.9. The molecule has 0 bridgehead atoms. The van der Waals surface area contributed by atoms with Crippen LogP contribution in [0.1, 0.15) is 41.0 Å². The molecule has 0 aliphatic heterocycles. The van der Waals surface area contributed by atoms with Gasteiger partial charge in [-0.15, -0.1) is 0 Å². The molecule has 0 N–H and O–H groups in total. The topological polar surface area (TPSA) is 35.5 Å². The van der Waals surface area contributed by atoms with Crippen molar-refractivity contribution in [1.82, 2.24) is 0 Å². The van der Waals surface area contributed by atoms with Gasteiger partial charge in [0.2, 0.25) is 5.83 Å². The number of esters is 1. The van der Waals surface area contributed by atoms with Crippen LogP contribution >= 0.6 is 0 Å². The molecule has 0 fully saturated rings. The van der Waals surface area contributed by atoms with E-state index in [4.69, 9.17) is 9.16 Å². The van der Waals surface area contributed by atoms with Crippen LogP contribution in [0.4, 0.5) is 4.39 Å². The summed E-state index contributed by atoms with van der Waals surface area (Å²) in [6.07, 6.45) is 1.27. The van der Waals surface area contributed by atoms with Crippen LogP contribution in [0.15, 0.2) is 72.6 Å². The van der Waals surface area contributed by atoms with Gasteiger partial charge in [-0.3, -0.25) is 0 Å². The first-order chi connectivity index (χ1) is 13.7. The number of carbonyl (C=O) groups is 1. The molecule has 0 unspecified atom stereocenters. The molecule has 0 aliphatic carbocycles. The Morgan fingerprint density at radius 2 is 1.52 bits per heavy atom. The maximum Gasteiger partial charge on any atom is 0.366 e. The molecule has 0 aromatic heterocycles. The van der Waals surface area contributed by atoms with Gasteiger partial charge in [0.05, 0.1) is 6.61 Å². The second-order valence-electron chi connectivity index (χ2n) is 8.10. The summed E-state index contributed by atoms with van der Waals surface area (Å²) in [7, 11) is -2.69. The van der Waals surface area contributed by atoms with E-state index in [0.29, 0.717) is 0 Å². The van der Waals surface area contributed by atoms with Gasteiger partial charge in [0.15, 0.2) is 0 Å². The molecule has 0 aliphatic rings. The van der Waals surface area contributed by atoms with Crippen molar-refractivity contribution in [1.29, 1.82) is 0 Å². The van der Waals surface area contributed by atoms with E-state index < -0.39 is 20.1 Å². The van der Waals surface area contributed by atoms with Gasteiger partial charge in [-0.05, 0) is 41.8 Å². The van der Waals surface area contributed by atoms with E-state index in [-0.39, 0.29) is 24.2 Å². The number of halogens is 1. The molecular weight excluding hydrogens is 383 g/mol. The lowest BCUT2D eigenvalue weighted by Gasteiger charge is -2.44. The Morgan fingerprint density at radius 3 is 1.93 bits per heavy atom. The Labute approximate surface area is 174 Å². The average molecular weight is 415 g/mol. The lowest BCUT2D eigenvalue weighted by Crippen LogP contribution is -2.67. The van der Waals surface area contributed by atoms with Gasteiger partial charge in [0.1, 0.15) is 0 Å². The van der Waals surface area contributed by atoms with Gasteiger partial charge < -0.3 is 9.16 Å². The van der Waals surface area contributed by atoms with Crippen LogP contribution in [-0.2, 0) is 14.0 Å². The summed E-state index contributed by atoms with van der Waals surface area (Å²) in [6.45, 7) is 10.3. The lowest BCUT2D eigenvalue weighted by atomic mass is 10.2. The largest absolute Gasteiger partial charge is 0.461 e. The molecular formula is C24H31FO3Si. The molecule has 0 radical (unpaired) electrons. The molecule has 156 valence electrons. The Balaban J connectivity index is 2.43. The third-order valence-corrected chi connectivity index (χ3v) is 10.1. The number of rotatable bonds is 8. The highest BCUT2D eigenvalue weighted by atomic mass is 28.4. The van der Waals surface area contributed by atoms with Crippen LogP contribution in [-0.4, -0.2) is 27.0 Å². The Hall–Kier alpha value is -2.24. The molecule has 3 nitrogen and oxygen atoms in total. The quantitative estimate of drug-likeness (QED) is 0.355. The van der Waals surface area contributed by atoms with Gasteiger partial charge in [0.25, 0.3) is 8.32 Å². The molecule has 0 saturated carbocycles. The summed E-state index contributed by atoms with van der Waals surface area (Å²) in [6, 6.07) is 20.6. The summed E-state index contributed by atoms with van der Waals surface area (Å²) in [5.41, 5.74) is 0. The molecule has 0 amide bonds. The van der Waals surface area contributed by atoms with Crippen molar-refractivity contribution < 1.29 is 18.3 Å². The van der Waals surface area contributed by atoms with Crippen molar-refractivity contribution in [2.45, 2.75) is 52.2 Å². The minimum Gasteiger partial charge on any atom is -0.461 e. The number of hydrogen-bond acceptors (Lipinski definition) is 3. The zero-order valence-electron chi connectivity index (χ0n) is 17.9. The molecule has 5 heteroatoms. The standard InChI is InChI=1S/C24H31FO3Si/c1-6-27-23(26)22(25)18-17-19(2)28-29(24(3,4)5,20-13-9-7-10-14-20)21-15-11-8-12-16-21/h7-16,18-19H,6,17H2,1-5H3/b22-18+/t19-/m1/s1. The SMILES string of the molecule is CCOC(=O)/C(F)=C\C[C@@H](C)O[Si](c1ccccc1)(c1ccccc1)C(C)(C)C. The summed E-state index contributed by atoms with van der Waals surface area (Å²) < 4.78 is 25.6. The molecule has 0 saturated heterocycles. The van der Waals surface area contributed by atoms with E-state index in [1.54, 1.807) is 6.92 Å². The van der Waals surface area contributed by atoms with Gasteiger partial charge >= 0.3 is 5.97 Å². The number of hydrogen-bond donors (Lipinski definition) is 0. The molecule has 2 aromatic rings. The van der Waals surface area contributed by atoms with Crippen molar-refractivity contribution in [2.75, 3.05) is 6.61 Å². The van der Waals surface area contributed by atoms with Crippen molar-refractivity contribution >= 4 is 24.7 Å². The molecule has 2 rings (SSSR count). The van der Waals surface area contributed by atoms with Gasteiger partial charge in [-0.2, -0.15) is 4.39 Å². The van der Waals surface area contributed by atoms with E-state index in [0.717, 1.165) is 0 Å². The Bertz CT molecular complexity index is 774. The minimum atomic E-state index is -2.69. The monoisotopic (exact) mass is 414 g/mol. The van der Waals surface area contributed by atoms with Gasteiger partial charge in [-0.25, -0.2) is 4.79 Å². The fourth-order valence-electron chi connectivity index (χ4n) is 3.59. The predicted octanol–water partition coefficient (Wildman–Crippen LogP) is 4.76. The number of benzene rings is 2.